The van der Waals surface area contributed by atoms with Crippen LogP contribution in [0.5, 0.6) is 11.5 Å². The molecule has 3 unspecified atom stereocenters. The van der Waals surface area contributed by atoms with E-state index in [-0.39, 0.29) is 35.6 Å². The van der Waals surface area contributed by atoms with Gasteiger partial charge in [0, 0.05) is 12.1 Å². The Hall–Kier alpha value is -3.24. The molecule has 3 heterocycles. The maximum Gasteiger partial charge on any atom is 0.337 e. The summed E-state index contributed by atoms with van der Waals surface area (Å²) in [6.07, 6.45) is 0.727. The predicted molar refractivity (Wildman–Crippen MR) is 131 cm³/mol. The molecule has 0 saturated carbocycles. The number of benzene rings is 2. The number of urea groups is 1. The van der Waals surface area contributed by atoms with Gasteiger partial charge in [-0.2, -0.15) is 5.43 Å². The van der Waals surface area contributed by atoms with Crippen LogP contribution in [0.3, 0.4) is 0 Å². The second-order valence-electron chi connectivity index (χ2n) is 8.69. The quantitative estimate of drug-likeness (QED) is 0.561. The van der Waals surface area contributed by atoms with Crippen LogP contribution in [0.2, 0.25) is 0 Å². The lowest BCUT2D eigenvalue weighted by atomic mass is 10.0. The van der Waals surface area contributed by atoms with Gasteiger partial charge in [-0.1, -0.05) is 36.4 Å². The van der Waals surface area contributed by atoms with Gasteiger partial charge in [0.1, 0.15) is 11.8 Å². The molecule has 3 aliphatic heterocycles. The fraction of sp³-hybridized carbons (Fsp3) is 0.400. The highest BCUT2D eigenvalue weighted by Crippen LogP contribution is 2.39. The average molecular weight is 497 g/mol. The van der Waals surface area contributed by atoms with Gasteiger partial charge in [-0.15, -0.1) is 11.8 Å². The smallest absolute Gasteiger partial charge is 0.337 e. The molecule has 5 rings (SSSR count). The molecular formula is C25H28N4O5S. The molecule has 3 fully saturated rings. The summed E-state index contributed by atoms with van der Waals surface area (Å²) in [5.41, 5.74) is 4.69. The lowest BCUT2D eigenvalue weighted by Crippen LogP contribution is -2.66. The van der Waals surface area contributed by atoms with Crippen molar-refractivity contribution in [1.82, 2.24) is 20.2 Å². The number of ketones is 1. The highest BCUT2D eigenvalue weighted by atomic mass is 32.2. The Morgan fingerprint density at radius 1 is 1.09 bits per heavy atom. The minimum Gasteiger partial charge on any atom is -0.493 e. The molecule has 0 bridgehead atoms. The monoisotopic (exact) mass is 496 g/mol. The number of nitrogens with one attached hydrogen (secondary N) is 1. The van der Waals surface area contributed by atoms with Crippen molar-refractivity contribution in [2.24, 2.45) is 0 Å². The Kier molecular flexibility index (Phi) is 6.57. The van der Waals surface area contributed by atoms with E-state index in [1.807, 2.05) is 24.3 Å². The zero-order chi connectivity index (χ0) is 24.5. The zero-order valence-corrected chi connectivity index (χ0v) is 20.5. The van der Waals surface area contributed by atoms with Crippen molar-refractivity contribution in [3.8, 4) is 11.5 Å². The van der Waals surface area contributed by atoms with Crippen LogP contribution < -0.4 is 14.9 Å². The molecular weight excluding hydrogens is 468 g/mol. The van der Waals surface area contributed by atoms with Crippen molar-refractivity contribution in [3.63, 3.8) is 0 Å². The van der Waals surface area contributed by atoms with Crippen molar-refractivity contribution < 1.29 is 23.9 Å². The number of thioether (sulfide) groups is 1. The van der Waals surface area contributed by atoms with E-state index >= 15 is 0 Å². The van der Waals surface area contributed by atoms with Gasteiger partial charge >= 0.3 is 6.03 Å². The maximum atomic E-state index is 13.4. The first kappa shape index (κ1) is 23.5. The number of rotatable bonds is 8. The number of amides is 3. The molecule has 2 aromatic rings. The summed E-state index contributed by atoms with van der Waals surface area (Å²) < 4.78 is 10.7. The van der Waals surface area contributed by atoms with E-state index in [0.29, 0.717) is 30.0 Å². The molecule has 10 heteroatoms. The number of hydrogen-bond acceptors (Lipinski definition) is 7. The van der Waals surface area contributed by atoms with Crippen LogP contribution in [0.15, 0.2) is 48.5 Å². The van der Waals surface area contributed by atoms with Crippen molar-refractivity contribution >= 4 is 29.5 Å². The van der Waals surface area contributed by atoms with Crippen LogP contribution >= 0.6 is 11.8 Å². The Bertz CT molecular complexity index is 1130. The summed E-state index contributed by atoms with van der Waals surface area (Å²) in [6.45, 7) is 0.318. The molecule has 1 N–H and O–H groups in total. The molecule has 3 saturated heterocycles. The molecule has 3 amide bonds. The molecule has 0 aromatic heterocycles. The normalized spacial score (nSPS) is 23.4. The second-order valence-corrected chi connectivity index (χ2v) is 9.94. The SMILES string of the molecule is COc1ccc(CCN2C(=O)C3SCCC3N3C(=O)N(CC(=O)c4ccccc4)NC23)cc1OC. The fourth-order valence-corrected chi connectivity index (χ4v) is 6.32. The summed E-state index contributed by atoms with van der Waals surface area (Å²) in [4.78, 5) is 43.1. The van der Waals surface area contributed by atoms with Gasteiger partial charge in [0.25, 0.3) is 0 Å². The molecule has 3 aliphatic rings. The Balaban J connectivity index is 1.35. The van der Waals surface area contributed by atoms with Crippen molar-refractivity contribution in [1.29, 1.82) is 0 Å². The van der Waals surface area contributed by atoms with Crippen LogP contribution in [-0.2, 0) is 11.2 Å². The molecule has 0 radical (unpaired) electrons. The average Bonchev–Trinajstić information content (AvgIpc) is 3.49. The minimum atomic E-state index is -0.612. The number of carbonyl (C=O) groups is 3. The Labute approximate surface area is 208 Å². The van der Waals surface area contributed by atoms with E-state index in [1.165, 1.54) is 5.01 Å². The number of hydrogen-bond donors (Lipinski definition) is 1. The minimum absolute atomic E-state index is 0.0239. The predicted octanol–water partition coefficient (Wildman–Crippen LogP) is 2.37. The first-order valence-electron chi connectivity index (χ1n) is 11.6. The maximum absolute atomic E-state index is 13.4. The highest BCUT2D eigenvalue weighted by molar-refractivity contribution is 8.00. The van der Waals surface area contributed by atoms with Crippen molar-refractivity contribution in [2.45, 2.75) is 30.4 Å². The van der Waals surface area contributed by atoms with E-state index < -0.39 is 6.29 Å². The third-order valence-electron chi connectivity index (χ3n) is 6.71. The van der Waals surface area contributed by atoms with Gasteiger partial charge < -0.3 is 14.4 Å². The van der Waals surface area contributed by atoms with Gasteiger partial charge in [0.15, 0.2) is 23.6 Å². The first-order valence-corrected chi connectivity index (χ1v) is 12.6. The highest BCUT2D eigenvalue weighted by Gasteiger charge is 2.55. The second kappa shape index (κ2) is 9.79. The molecule has 0 spiro atoms. The lowest BCUT2D eigenvalue weighted by Gasteiger charge is -2.44. The van der Waals surface area contributed by atoms with E-state index in [2.05, 4.69) is 5.43 Å². The number of ether oxygens (including phenoxy) is 2. The number of nitrogens with zero attached hydrogens (tertiary/aromatic N) is 3. The topological polar surface area (TPSA) is 91.4 Å². The summed E-state index contributed by atoms with van der Waals surface area (Å²) in [5, 5.41) is 1.06. The zero-order valence-electron chi connectivity index (χ0n) is 19.7. The van der Waals surface area contributed by atoms with Crippen LogP contribution in [-0.4, -0.2) is 83.2 Å². The largest absolute Gasteiger partial charge is 0.493 e. The summed E-state index contributed by atoms with van der Waals surface area (Å²) in [5.74, 6) is 1.96. The summed E-state index contributed by atoms with van der Waals surface area (Å²) in [7, 11) is 3.18. The van der Waals surface area contributed by atoms with E-state index in [0.717, 1.165) is 17.7 Å². The third kappa shape index (κ3) is 4.32. The van der Waals surface area contributed by atoms with Crippen molar-refractivity contribution in [3.05, 3.63) is 59.7 Å². The van der Waals surface area contributed by atoms with Crippen LogP contribution in [0, 0.1) is 0 Å². The Morgan fingerprint density at radius 3 is 2.60 bits per heavy atom. The van der Waals surface area contributed by atoms with E-state index in [1.54, 1.807) is 60.0 Å². The lowest BCUT2D eigenvalue weighted by molar-refractivity contribution is -0.144. The van der Waals surface area contributed by atoms with Crippen molar-refractivity contribution in [2.75, 3.05) is 33.1 Å². The number of fused-ring (bicyclic) bond motifs is 3. The fourth-order valence-electron chi connectivity index (χ4n) is 4.92. The number of carbonyl (C=O) groups excluding carboxylic acids is 3. The first-order chi connectivity index (χ1) is 17.0. The van der Waals surface area contributed by atoms with Gasteiger partial charge in [0.2, 0.25) is 5.91 Å². The Morgan fingerprint density at radius 2 is 1.86 bits per heavy atom. The van der Waals surface area contributed by atoms with Gasteiger partial charge in [-0.3, -0.25) is 14.5 Å². The molecule has 9 nitrogen and oxygen atoms in total. The molecule has 3 atom stereocenters. The van der Waals surface area contributed by atoms with Crippen LogP contribution in [0.25, 0.3) is 0 Å². The molecule has 184 valence electrons. The van der Waals surface area contributed by atoms with Crippen LogP contribution in [0.1, 0.15) is 22.3 Å². The molecule has 35 heavy (non-hydrogen) atoms. The van der Waals surface area contributed by atoms with E-state index in [4.69, 9.17) is 9.47 Å². The van der Waals surface area contributed by atoms with Gasteiger partial charge in [0.05, 0.1) is 20.3 Å². The number of hydrazine groups is 1. The number of methoxy groups -OCH3 is 2. The van der Waals surface area contributed by atoms with Gasteiger partial charge in [-0.05, 0) is 36.3 Å². The standard InChI is InChI=1S/C25H28N4O5S/c1-33-20-9-8-16(14-21(20)34-2)10-12-27-23(31)22-18(11-13-35-22)29-24(27)26-28(25(29)32)15-19(30)17-6-4-3-5-7-17/h3-9,14,18,22,24,26H,10-13,15H2,1-2H3. The third-order valence-corrected chi connectivity index (χ3v) is 8.06. The molecule has 2 aromatic carbocycles. The summed E-state index contributed by atoms with van der Waals surface area (Å²) in [6, 6.07) is 14.2. The van der Waals surface area contributed by atoms with Crippen LogP contribution in [0.4, 0.5) is 4.79 Å². The summed E-state index contributed by atoms with van der Waals surface area (Å²) >= 11 is 1.60. The van der Waals surface area contributed by atoms with E-state index in [9.17, 15) is 14.4 Å². The van der Waals surface area contributed by atoms with Gasteiger partial charge in [-0.25, -0.2) is 9.80 Å². The number of Topliss-reactive ketones (excluding diaryl/α,β-unsaturated/α-hetero) is 1. The molecule has 0 aliphatic carbocycles.